The number of hydrogen-bond donors (Lipinski definition) is 1. The molecule has 1 aromatic heterocycles. The van der Waals surface area contributed by atoms with E-state index in [2.05, 4.69) is 11.6 Å². The van der Waals surface area contributed by atoms with E-state index in [1.54, 1.807) is 13.0 Å². The van der Waals surface area contributed by atoms with Crippen LogP contribution in [-0.2, 0) is 4.74 Å². The van der Waals surface area contributed by atoms with E-state index in [4.69, 9.17) is 9.47 Å². The highest BCUT2D eigenvalue weighted by atomic mass is 16.5. The molecule has 0 spiro atoms. The quantitative estimate of drug-likeness (QED) is 0.662. The van der Waals surface area contributed by atoms with Gasteiger partial charge in [-0.1, -0.05) is 6.58 Å². The zero-order valence-corrected chi connectivity index (χ0v) is 11.2. The number of carbonyl (C=O) groups is 1. The fourth-order valence-corrected chi connectivity index (χ4v) is 1.72. The summed E-state index contributed by atoms with van der Waals surface area (Å²) in [6, 6.07) is 7.41. The van der Waals surface area contributed by atoms with Crippen LogP contribution in [0.4, 0.5) is 0 Å². The van der Waals surface area contributed by atoms with Crippen LogP contribution >= 0.6 is 0 Å². The van der Waals surface area contributed by atoms with Crippen LogP contribution in [0.3, 0.4) is 0 Å². The van der Waals surface area contributed by atoms with E-state index in [0.717, 1.165) is 22.2 Å². The second-order valence-corrected chi connectivity index (χ2v) is 4.40. The molecule has 19 heavy (non-hydrogen) atoms. The Morgan fingerprint density at radius 1 is 1.37 bits per heavy atom. The first kappa shape index (κ1) is 13.2. The molecular weight excluding hydrogens is 242 g/mol. The Labute approximate surface area is 112 Å². The zero-order chi connectivity index (χ0) is 13.8. The van der Waals surface area contributed by atoms with Gasteiger partial charge < -0.3 is 14.5 Å². The van der Waals surface area contributed by atoms with Crippen LogP contribution in [0.1, 0.15) is 24.3 Å². The van der Waals surface area contributed by atoms with Crippen LogP contribution in [0, 0.1) is 0 Å². The number of carbonyl (C=O) groups excluding carboxylic acids is 1. The van der Waals surface area contributed by atoms with Crippen LogP contribution in [-0.4, -0.2) is 24.2 Å². The predicted octanol–water partition coefficient (Wildman–Crippen LogP) is 3.30. The number of aromatic amines is 1. The molecule has 100 valence electrons. The van der Waals surface area contributed by atoms with E-state index in [-0.39, 0.29) is 5.97 Å². The SMILES string of the molecule is C=C(C)COc1ccc2cc(C(=O)OCC)[nH]c2c1. The van der Waals surface area contributed by atoms with E-state index in [1.165, 1.54) is 0 Å². The predicted molar refractivity (Wildman–Crippen MR) is 74.6 cm³/mol. The Morgan fingerprint density at radius 2 is 2.16 bits per heavy atom. The van der Waals surface area contributed by atoms with Crippen LogP contribution in [0.2, 0.25) is 0 Å². The van der Waals surface area contributed by atoms with Crippen LogP contribution in [0.5, 0.6) is 5.75 Å². The normalized spacial score (nSPS) is 10.4. The van der Waals surface area contributed by atoms with Gasteiger partial charge in [0, 0.05) is 17.0 Å². The van der Waals surface area contributed by atoms with Gasteiger partial charge in [-0.25, -0.2) is 4.79 Å². The van der Waals surface area contributed by atoms with Crippen molar-refractivity contribution in [3.8, 4) is 5.75 Å². The van der Waals surface area contributed by atoms with Crippen LogP contribution in [0.15, 0.2) is 36.4 Å². The van der Waals surface area contributed by atoms with Crippen molar-refractivity contribution in [2.24, 2.45) is 0 Å². The summed E-state index contributed by atoms with van der Waals surface area (Å²) >= 11 is 0. The van der Waals surface area contributed by atoms with Gasteiger partial charge in [0.05, 0.1) is 6.61 Å². The topological polar surface area (TPSA) is 51.3 Å². The first-order valence-electron chi connectivity index (χ1n) is 6.17. The molecule has 0 fully saturated rings. The first-order chi connectivity index (χ1) is 9.10. The molecule has 2 aromatic rings. The Balaban J connectivity index is 2.23. The van der Waals surface area contributed by atoms with Gasteiger partial charge in [-0.3, -0.25) is 0 Å². The van der Waals surface area contributed by atoms with E-state index in [1.807, 2.05) is 25.1 Å². The van der Waals surface area contributed by atoms with E-state index in [0.29, 0.717) is 18.9 Å². The highest BCUT2D eigenvalue weighted by molar-refractivity contribution is 5.95. The molecule has 4 heteroatoms. The summed E-state index contributed by atoms with van der Waals surface area (Å²) in [6.45, 7) is 8.32. The van der Waals surface area contributed by atoms with Crippen molar-refractivity contribution in [2.75, 3.05) is 13.2 Å². The Hall–Kier alpha value is -2.23. The summed E-state index contributed by atoms with van der Waals surface area (Å²) in [6.07, 6.45) is 0. The molecule has 2 rings (SSSR count). The Bertz CT molecular complexity index is 613. The number of aromatic nitrogens is 1. The molecule has 1 N–H and O–H groups in total. The Kier molecular flexibility index (Phi) is 3.90. The summed E-state index contributed by atoms with van der Waals surface area (Å²) in [5.41, 5.74) is 2.26. The molecule has 4 nitrogen and oxygen atoms in total. The van der Waals surface area contributed by atoms with E-state index >= 15 is 0 Å². The largest absolute Gasteiger partial charge is 0.489 e. The van der Waals surface area contributed by atoms with Crippen molar-refractivity contribution < 1.29 is 14.3 Å². The molecule has 0 aliphatic carbocycles. The molecule has 0 saturated carbocycles. The summed E-state index contributed by atoms with van der Waals surface area (Å²) in [7, 11) is 0. The third kappa shape index (κ3) is 3.16. The molecular formula is C15H17NO3. The average Bonchev–Trinajstić information content (AvgIpc) is 2.79. The lowest BCUT2D eigenvalue weighted by atomic mass is 10.2. The summed E-state index contributed by atoms with van der Waals surface area (Å²) in [4.78, 5) is 14.6. The van der Waals surface area contributed by atoms with Gasteiger partial charge in [0.15, 0.2) is 0 Å². The summed E-state index contributed by atoms with van der Waals surface area (Å²) in [5, 5.41) is 0.950. The minimum Gasteiger partial charge on any atom is -0.489 e. The van der Waals surface area contributed by atoms with Crippen molar-refractivity contribution in [2.45, 2.75) is 13.8 Å². The third-order valence-corrected chi connectivity index (χ3v) is 2.57. The highest BCUT2D eigenvalue weighted by Crippen LogP contribution is 2.22. The summed E-state index contributed by atoms with van der Waals surface area (Å²) in [5.74, 6) is 0.399. The number of benzene rings is 1. The number of esters is 1. The molecule has 1 aromatic carbocycles. The smallest absolute Gasteiger partial charge is 0.354 e. The molecule has 0 unspecified atom stereocenters. The lowest BCUT2D eigenvalue weighted by Crippen LogP contribution is -2.04. The third-order valence-electron chi connectivity index (χ3n) is 2.57. The van der Waals surface area contributed by atoms with Gasteiger partial charge in [-0.15, -0.1) is 0 Å². The van der Waals surface area contributed by atoms with Gasteiger partial charge in [-0.05, 0) is 37.6 Å². The molecule has 0 atom stereocenters. The van der Waals surface area contributed by atoms with Crippen molar-refractivity contribution >= 4 is 16.9 Å². The standard InChI is InChI=1S/C15H17NO3/c1-4-18-15(17)14-7-11-5-6-12(8-13(11)16-14)19-9-10(2)3/h5-8,16H,2,4,9H2,1,3H3. The molecule has 0 amide bonds. The number of ether oxygens (including phenoxy) is 2. The van der Waals surface area contributed by atoms with Gasteiger partial charge in [0.2, 0.25) is 0 Å². The van der Waals surface area contributed by atoms with Crippen LogP contribution in [0.25, 0.3) is 10.9 Å². The van der Waals surface area contributed by atoms with Crippen molar-refractivity contribution in [3.05, 3.63) is 42.1 Å². The lowest BCUT2D eigenvalue weighted by molar-refractivity contribution is 0.0520. The van der Waals surface area contributed by atoms with Gasteiger partial charge in [0.25, 0.3) is 0 Å². The molecule has 0 aliphatic rings. The first-order valence-corrected chi connectivity index (χ1v) is 6.17. The van der Waals surface area contributed by atoms with Crippen LogP contribution < -0.4 is 4.74 Å². The maximum atomic E-state index is 11.6. The van der Waals surface area contributed by atoms with E-state index < -0.39 is 0 Å². The molecule has 0 saturated heterocycles. The summed E-state index contributed by atoms with van der Waals surface area (Å²) < 4.78 is 10.5. The fourth-order valence-electron chi connectivity index (χ4n) is 1.72. The minimum absolute atomic E-state index is 0.344. The number of nitrogens with one attached hydrogen (secondary N) is 1. The van der Waals surface area contributed by atoms with Crippen molar-refractivity contribution in [3.63, 3.8) is 0 Å². The van der Waals surface area contributed by atoms with E-state index in [9.17, 15) is 4.79 Å². The maximum Gasteiger partial charge on any atom is 0.354 e. The fraction of sp³-hybridized carbons (Fsp3) is 0.267. The average molecular weight is 259 g/mol. The molecule has 0 aliphatic heterocycles. The number of fused-ring (bicyclic) bond motifs is 1. The zero-order valence-electron chi connectivity index (χ0n) is 11.2. The van der Waals surface area contributed by atoms with Gasteiger partial charge in [0.1, 0.15) is 18.1 Å². The lowest BCUT2D eigenvalue weighted by Gasteiger charge is -2.05. The minimum atomic E-state index is -0.344. The maximum absolute atomic E-state index is 11.6. The number of H-pyrrole nitrogens is 1. The second-order valence-electron chi connectivity index (χ2n) is 4.40. The number of rotatable bonds is 5. The van der Waals surface area contributed by atoms with Gasteiger partial charge in [-0.2, -0.15) is 0 Å². The second kappa shape index (κ2) is 5.61. The monoisotopic (exact) mass is 259 g/mol. The molecule has 1 heterocycles. The van der Waals surface area contributed by atoms with Gasteiger partial charge >= 0.3 is 5.97 Å². The number of hydrogen-bond acceptors (Lipinski definition) is 3. The molecule has 0 radical (unpaired) electrons. The van der Waals surface area contributed by atoms with Crippen molar-refractivity contribution in [1.29, 1.82) is 0 Å². The Morgan fingerprint density at radius 3 is 2.84 bits per heavy atom. The van der Waals surface area contributed by atoms with Crippen molar-refractivity contribution in [1.82, 2.24) is 4.98 Å². The molecule has 0 bridgehead atoms. The highest BCUT2D eigenvalue weighted by Gasteiger charge is 2.10.